The Morgan fingerprint density at radius 3 is 1.43 bits per heavy atom. The standard InChI is InChI=1S/C29H33N3O4.C19H17BrN2O2.C16H28BNO4/c1-29(2,3)36-28(33)32-14-12-21(13-15-32)24-17-20(10-11-27(24)35-5)16-22-18-25(31-19-30-22)23-8-6-7-9-26(23)34-4;1-23-18-6-4-3-5-15(18)17-11-14(21-12-22-17)9-13-7-8-19(24-2)16(20)10-13;1-14(2,3)20-13(19)18-10-8-12(9-11-18)17-21-15(4,5)16(6,7)22-17/h6-12,17-19H,13-16H2,1-5H3;3-8,10-12H,9H2,1-2H3;8H,9-11H2,1-7H3. The van der Waals surface area contributed by atoms with E-state index in [9.17, 15) is 9.59 Å². The third-order valence-electron chi connectivity index (χ3n) is 14.1. The number of hydrogen-bond donors (Lipinski definition) is 0. The number of carbonyl (C=O) groups is 2. The van der Waals surface area contributed by atoms with Gasteiger partial charge in [0.15, 0.2) is 0 Å². The van der Waals surface area contributed by atoms with Crippen LogP contribution < -0.4 is 18.9 Å². The molecule has 6 aromatic rings. The highest BCUT2D eigenvalue weighted by Gasteiger charge is 2.52. The smallest absolute Gasteiger partial charge is 0.490 e. The van der Waals surface area contributed by atoms with Crippen LogP contribution in [0.2, 0.25) is 0 Å². The van der Waals surface area contributed by atoms with Crippen molar-refractivity contribution in [2.45, 2.75) is 117 Å². The fourth-order valence-corrected chi connectivity index (χ4v) is 9.73. The zero-order valence-electron chi connectivity index (χ0n) is 49.9. The van der Waals surface area contributed by atoms with Crippen LogP contribution in [0, 0.1) is 0 Å². The summed E-state index contributed by atoms with van der Waals surface area (Å²) in [5, 5.41) is 0. The van der Waals surface area contributed by atoms with Crippen LogP contribution in [0.15, 0.2) is 132 Å². The molecule has 0 aliphatic carbocycles. The summed E-state index contributed by atoms with van der Waals surface area (Å²) in [6, 6.07) is 31.9. The van der Waals surface area contributed by atoms with Gasteiger partial charge >= 0.3 is 19.3 Å². The molecule has 1 saturated heterocycles. The summed E-state index contributed by atoms with van der Waals surface area (Å²) in [4.78, 5) is 45.7. The molecule has 82 heavy (non-hydrogen) atoms. The highest BCUT2D eigenvalue weighted by Crippen LogP contribution is 2.40. The van der Waals surface area contributed by atoms with Gasteiger partial charge in [-0.15, -0.1) is 0 Å². The first-order valence-corrected chi connectivity index (χ1v) is 28.3. The minimum atomic E-state index is -0.509. The predicted octanol–water partition coefficient (Wildman–Crippen LogP) is 13.5. The minimum Gasteiger partial charge on any atom is -0.496 e. The first-order valence-electron chi connectivity index (χ1n) is 27.5. The van der Waals surface area contributed by atoms with Crippen LogP contribution in [-0.4, -0.2) is 126 Å². The molecule has 3 aliphatic heterocycles. The number of methoxy groups -OCH3 is 4. The fourth-order valence-electron chi connectivity index (χ4n) is 9.14. The van der Waals surface area contributed by atoms with Crippen LogP contribution in [0.4, 0.5) is 9.59 Å². The molecule has 16 nitrogen and oxygen atoms in total. The SMILES string of the molecule is CC(C)(C)OC(=O)N1CC=C(B2OC(C)(C)C(C)(C)O2)CC1.COc1ccc(Cc2cc(-c3ccccc3OC)ncn2)cc1Br.COc1ccc(Cc2cc(-c3ccccc3OC)ncn2)cc1C1=CCN(C(=O)OC(C)(C)C)CC1. The summed E-state index contributed by atoms with van der Waals surface area (Å²) in [6.07, 6.45) is 9.58. The Morgan fingerprint density at radius 2 is 1.00 bits per heavy atom. The number of aromatic nitrogens is 4. The number of benzene rings is 4. The topological polar surface area (TPSA) is 166 Å². The van der Waals surface area contributed by atoms with E-state index in [1.165, 1.54) is 0 Å². The molecule has 0 atom stereocenters. The normalized spacial score (nSPS) is 15.6. The second-order valence-electron chi connectivity index (χ2n) is 23.0. The van der Waals surface area contributed by atoms with Crippen molar-refractivity contribution < 1.29 is 47.3 Å². The summed E-state index contributed by atoms with van der Waals surface area (Å²) >= 11 is 3.52. The van der Waals surface area contributed by atoms with Crippen LogP contribution in [0.5, 0.6) is 23.0 Å². The Kier molecular flexibility index (Phi) is 20.7. The van der Waals surface area contributed by atoms with Gasteiger partial charge in [0.25, 0.3) is 0 Å². The molecule has 0 spiro atoms. The molecule has 2 amide bonds. The van der Waals surface area contributed by atoms with Crippen molar-refractivity contribution in [3.8, 4) is 45.5 Å². The number of ether oxygens (including phenoxy) is 6. The van der Waals surface area contributed by atoms with Gasteiger partial charge < -0.3 is 47.5 Å². The molecule has 18 heteroatoms. The van der Waals surface area contributed by atoms with Crippen molar-refractivity contribution in [3.05, 3.63) is 160 Å². The monoisotopic (exact) mass is 1180 g/mol. The van der Waals surface area contributed by atoms with Crippen LogP contribution in [0.3, 0.4) is 0 Å². The van der Waals surface area contributed by atoms with E-state index in [1.807, 2.05) is 160 Å². The number of nitrogens with zero attached hydrogens (tertiary/aromatic N) is 6. The van der Waals surface area contributed by atoms with Crippen molar-refractivity contribution in [2.24, 2.45) is 0 Å². The lowest BCUT2D eigenvalue weighted by atomic mass is 9.75. The molecule has 2 aromatic heterocycles. The largest absolute Gasteiger partial charge is 0.496 e. The van der Waals surface area contributed by atoms with Crippen LogP contribution in [0.1, 0.15) is 110 Å². The summed E-state index contributed by atoms with van der Waals surface area (Å²) in [5.74, 6) is 3.21. The van der Waals surface area contributed by atoms with E-state index in [-0.39, 0.29) is 30.5 Å². The first-order chi connectivity index (χ1) is 38.9. The Hall–Kier alpha value is -7.28. The number of amides is 2. The van der Waals surface area contributed by atoms with Gasteiger partial charge in [-0.2, -0.15) is 0 Å². The van der Waals surface area contributed by atoms with Crippen LogP contribution >= 0.6 is 15.9 Å². The Bertz CT molecular complexity index is 3230. The predicted molar refractivity (Wildman–Crippen MR) is 324 cm³/mol. The summed E-state index contributed by atoms with van der Waals surface area (Å²) in [7, 11) is 6.34. The zero-order valence-corrected chi connectivity index (χ0v) is 51.5. The number of para-hydroxylation sites is 2. The van der Waals surface area contributed by atoms with Gasteiger partial charge in [0.1, 0.15) is 46.9 Å². The van der Waals surface area contributed by atoms with Gasteiger partial charge in [0, 0.05) is 67.1 Å². The average molecular weight is 1180 g/mol. The molecule has 0 saturated carbocycles. The lowest BCUT2D eigenvalue weighted by molar-refractivity contribution is 0.00578. The number of carbonyl (C=O) groups excluding carboxylic acids is 2. The van der Waals surface area contributed by atoms with Gasteiger partial charge in [-0.05, 0) is 181 Å². The minimum absolute atomic E-state index is 0.267. The fraction of sp³-hybridized carbons (Fsp3) is 0.406. The maximum atomic E-state index is 12.4. The van der Waals surface area contributed by atoms with Gasteiger partial charge in [0.2, 0.25) is 0 Å². The zero-order chi connectivity index (χ0) is 59.4. The molecule has 5 heterocycles. The van der Waals surface area contributed by atoms with Gasteiger partial charge in [-0.1, -0.05) is 48.6 Å². The highest BCUT2D eigenvalue weighted by atomic mass is 79.9. The summed E-state index contributed by atoms with van der Waals surface area (Å²) in [5.41, 5.74) is 9.35. The quantitative estimate of drug-likeness (QED) is 0.106. The van der Waals surface area contributed by atoms with Crippen molar-refractivity contribution in [1.82, 2.24) is 29.7 Å². The molecular weight excluding hydrogens is 1100 g/mol. The molecular formula is C64H78BBrN6O10. The molecule has 0 N–H and O–H groups in total. The number of hydrogen-bond acceptors (Lipinski definition) is 14. The highest BCUT2D eigenvalue weighted by molar-refractivity contribution is 9.10. The van der Waals surface area contributed by atoms with E-state index in [1.54, 1.807) is 50.9 Å². The Morgan fingerprint density at radius 1 is 0.561 bits per heavy atom. The Balaban J connectivity index is 0.000000185. The van der Waals surface area contributed by atoms with Crippen LogP contribution in [-0.2, 0) is 31.6 Å². The van der Waals surface area contributed by atoms with Crippen molar-refractivity contribution >= 4 is 40.8 Å². The van der Waals surface area contributed by atoms with Gasteiger partial charge in [-0.25, -0.2) is 29.5 Å². The van der Waals surface area contributed by atoms with Crippen molar-refractivity contribution in [2.75, 3.05) is 54.6 Å². The van der Waals surface area contributed by atoms with Gasteiger partial charge in [-0.3, -0.25) is 0 Å². The lowest BCUT2D eigenvalue weighted by Gasteiger charge is -2.32. The average Bonchev–Trinajstić information content (AvgIpc) is 3.70. The van der Waals surface area contributed by atoms with E-state index in [0.717, 1.165) is 102 Å². The van der Waals surface area contributed by atoms with Crippen molar-refractivity contribution in [1.29, 1.82) is 0 Å². The van der Waals surface area contributed by atoms with Gasteiger partial charge in [0.05, 0.1) is 55.5 Å². The molecule has 9 rings (SSSR count). The molecule has 434 valence electrons. The van der Waals surface area contributed by atoms with E-state index in [2.05, 4.69) is 54.1 Å². The first kappa shape index (κ1) is 62.3. The molecule has 1 fully saturated rings. The second kappa shape index (κ2) is 27.2. The maximum absolute atomic E-state index is 12.4. The maximum Gasteiger partial charge on any atom is 0.490 e. The number of halogens is 1. The molecule has 4 aromatic carbocycles. The van der Waals surface area contributed by atoms with E-state index >= 15 is 0 Å². The second-order valence-corrected chi connectivity index (χ2v) is 23.9. The molecule has 3 aliphatic rings. The van der Waals surface area contributed by atoms with E-state index in [4.69, 9.17) is 37.7 Å². The third-order valence-corrected chi connectivity index (χ3v) is 14.7. The lowest BCUT2D eigenvalue weighted by Crippen LogP contribution is -2.41. The summed E-state index contributed by atoms with van der Waals surface area (Å²) < 4.78 is 45.8. The van der Waals surface area contributed by atoms with Crippen LogP contribution in [0.25, 0.3) is 28.1 Å². The molecule has 0 unspecified atom stereocenters. The third kappa shape index (κ3) is 16.7. The summed E-state index contributed by atoms with van der Waals surface area (Å²) in [6.45, 7) is 21.7. The van der Waals surface area contributed by atoms with E-state index in [0.29, 0.717) is 39.0 Å². The number of rotatable bonds is 12. The van der Waals surface area contributed by atoms with Crippen molar-refractivity contribution in [3.63, 3.8) is 0 Å². The van der Waals surface area contributed by atoms with E-state index < -0.39 is 11.2 Å². The molecule has 0 radical (unpaired) electrons. The Labute approximate surface area is 492 Å². The molecule has 0 bridgehead atoms.